The van der Waals surface area contributed by atoms with Crippen LogP contribution in [0.25, 0.3) is 22.7 Å². The summed E-state index contributed by atoms with van der Waals surface area (Å²) >= 11 is 2.89. The molecule has 0 aliphatic carbocycles. The topological polar surface area (TPSA) is 90.8 Å². The zero-order chi connectivity index (χ0) is 33.3. The first-order valence-corrected chi connectivity index (χ1v) is 14.7. The summed E-state index contributed by atoms with van der Waals surface area (Å²) in [4.78, 5) is 38.0. The van der Waals surface area contributed by atoms with Gasteiger partial charge in [0.2, 0.25) is 5.95 Å². The number of amides is 1. The lowest BCUT2D eigenvalue weighted by Crippen LogP contribution is -2.46. The molecular weight excluding hydrogens is 684 g/mol. The van der Waals surface area contributed by atoms with Crippen molar-refractivity contribution >= 4 is 32.9 Å². The number of carbonyl (C=O) groups excluding carboxylic acids is 1. The van der Waals surface area contributed by atoms with E-state index in [1.807, 2.05) is 0 Å². The van der Waals surface area contributed by atoms with Crippen molar-refractivity contribution in [2.45, 2.75) is 58.7 Å². The molecule has 1 aliphatic rings. The normalized spacial score (nSPS) is 15.4. The molecule has 6 rings (SSSR count). The van der Waals surface area contributed by atoms with E-state index < -0.39 is 42.0 Å². The quantitative estimate of drug-likeness (QED) is 0.204. The molecular formula is C30H24BrF6N7O2. The molecule has 0 fully saturated rings. The van der Waals surface area contributed by atoms with Gasteiger partial charge < -0.3 is 9.47 Å². The maximum Gasteiger partial charge on any atom is 0.417 e. The van der Waals surface area contributed by atoms with Gasteiger partial charge in [0, 0.05) is 27.3 Å². The second-order valence-corrected chi connectivity index (χ2v) is 12.0. The number of fused-ring (bicyclic) bond motifs is 2. The van der Waals surface area contributed by atoms with Crippen LogP contribution in [-0.4, -0.2) is 51.9 Å². The van der Waals surface area contributed by atoms with E-state index in [4.69, 9.17) is 4.98 Å². The van der Waals surface area contributed by atoms with Gasteiger partial charge >= 0.3 is 12.4 Å². The molecule has 0 bridgehead atoms. The van der Waals surface area contributed by atoms with Gasteiger partial charge in [-0.15, -0.1) is 0 Å². The maximum atomic E-state index is 14.2. The molecule has 1 aliphatic heterocycles. The largest absolute Gasteiger partial charge is 0.417 e. The van der Waals surface area contributed by atoms with Gasteiger partial charge in [0.25, 0.3) is 11.5 Å². The molecule has 0 saturated carbocycles. The van der Waals surface area contributed by atoms with E-state index in [2.05, 4.69) is 26.0 Å². The Labute approximate surface area is 265 Å². The van der Waals surface area contributed by atoms with Crippen LogP contribution in [0.4, 0.5) is 26.3 Å². The summed E-state index contributed by atoms with van der Waals surface area (Å²) in [6.07, 6.45) is -8.02. The summed E-state index contributed by atoms with van der Waals surface area (Å²) in [6.45, 7) is 3.80. The lowest BCUT2D eigenvalue weighted by atomic mass is 9.98. The molecule has 1 amide bonds. The number of hydrogen-bond acceptors (Lipinski definition) is 5. The second-order valence-electron chi connectivity index (χ2n) is 11.2. The lowest BCUT2D eigenvalue weighted by molar-refractivity contribution is -0.140. The summed E-state index contributed by atoms with van der Waals surface area (Å²) < 4.78 is 83.5. The summed E-state index contributed by atoms with van der Waals surface area (Å²) in [6, 6.07) is 8.85. The number of aromatic nitrogens is 6. The van der Waals surface area contributed by atoms with Crippen LogP contribution in [0.5, 0.6) is 0 Å². The van der Waals surface area contributed by atoms with Crippen LogP contribution in [0.1, 0.15) is 45.5 Å². The number of rotatable bonds is 4. The fourth-order valence-corrected chi connectivity index (χ4v) is 6.15. The van der Waals surface area contributed by atoms with Crippen molar-refractivity contribution in [3.63, 3.8) is 0 Å². The summed E-state index contributed by atoms with van der Waals surface area (Å²) in [5.41, 5.74) is 0.874. The van der Waals surface area contributed by atoms with E-state index in [1.54, 1.807) is 26.8 Å². The van der Waals surface area contributed by atoms with Crippen molar-refractivity contribution < 1.29 is 31.1 Å². The second kappa shape index (κ2) is 11.1. The maximum absolute atomic E-state index is 14.2. The van der Waals surface area contributed by atoms with E-state index in [0.29, 0.717) is 11.4 Å². The average molecular weight is 708 g/mol. The molecule has 16 heteroatoms. The number of halogens is 7. The van der Waals surface area contributed by atoms with Gasteiger partial charge in [0.15, 0.2) is 0 Å². The summed E-state index contributed by atoms with van der Waals surface area (Å²) in [7, 11) is 0. The average Bonchev–Trinajstić information content (AvgIpc) is 3.52. The molecule has 9 nitrogen and oxygen atoms in total. The number of alkyl halides is 6. The van der Waals surface area contributed by atoms with Crippen molar-refractivity contribution in [3.8, 4) is 11.6 Å². The highest BCUT2D eigenvalue weighted by Crippen LogP contribution is 2.36. The van der Waals surface area contributed by atoms with Crippen molar-refractivity contribution in [3.05, 3.63) is 97.4 Å². The molecule has 3 aromatic heterocycles. The molecule has 0 unspecified atom stereocenters. The zero-order valence-corrected chi connectivity index (χ0v) is 26.0. The van der Waals surface area contributed by atoms with Crippen LogP contribution in [0, 0.1) is 13.8 Å². The van der Waals surface area contributed by atoms with Crippen molar-refractivity contribution in [2.75, 3.05) is 0 Å². The number of carbonyl (C=O) groups is 1. The minimum absolute atomic E-state index is 0.0510. The standard InChI is InChI=1S/C30H24BrF6N7O2/c1-15-8-17(3)44(40-15)28-39-24-12-42(26(45)18-4-6-22(31)21(10-18)30(35,36)37)16(2)9-20(24)27(46)43(28)19-5-7-25-23(11-19)38-14-41(25)13-29(32,33)34/h4-8,10-11,14,16H,9,12-13H2,1-3H3/t16-/m1/s1. The highest BCUT2D eigenvalue weighted by Gasteiger charge is 2.36. The highest BCUT2D eigenvalue weighted by molar-refractivity contribution is 9.10. The molecule has 0 N–H and O–H groups in total. The van der Waals surface area contributed by atoms with Crippen LogP contribution < -0.4 is 5.56 Å². The fourth-order valence-electron chi connectivity index (χ4n) is 5.68. The third-order valence-electron chi connectivity index (χ3n) is 7.79. The van der Waals surface area contributed by atoms with Gasteiger partial charge in [-0.3, -0.25) is 9.59 Å². The van der Waals surface area contributed by atoms with Crippen LogP contribution in [0.3, 0.4) is 0 Å². The smallest absolute Gasteiger partial charge is 0.330 e. The highest BCUT2D eigenvalue weighted by atomic mass is 79.9. The Hall–Kier alpha value is -4.47. The molecule has 5 aromatic rings. The van der Waals surface area contributed by atoms with E-state index in [1.165, 1.54) is 44.5 Å². The molecule has 4 heterocycles. The Morgan fingerprint density at radius 1 is 1.04 bits per heavy atom. The molecule has 0 saturated heterocycles. The Kier molecular flexibility index (Phi) is 7.60. The number of imidazole rings is 1. The van der Waals surface area contributed by atoms with Crippen molar-refractivity contribution in [1.29, 1.82) is 0 Å². The van der Waals surface area contributed by atoms with Crippen LogP contribution >= 0.6 is 15.9 Å². The molecule has 1 atom stereocenters. The summed E-state index contributed by atoms with van der Waals surface area (Å²) in [5, 5.41) is 4.48. The first-order valence-electron chi connectivity index (χ1n) is 13.9. The van der Waals surface area contributed by atoms with E-state index in [0.717, 1.165) is 17.0 Å². The van der Waals surface area contributed by atoms with Crippen LogP contribution in [0.2, 0.25) is 0 Å². The fraction of sp³-hybridized carbons (Fsp3) is 0.300. The Balaban J connectivity index is 1.46. The van der Waals surface area contributed by atoms with Crippen LogP contribution in [0.15, 0.2) is 58.1 Å². The van der Waals surface area contributed by atoms with E-state index in [-0.39, 0.29) is 56.9 Å². The van der Waals surface area contributed by atoms with Gasteiger partial charge in [-0.25, -0.2) is 19.2 Å². The third-order valence-corrected chi connectivity index (χ3v) is 8.48. The van der Waals surface area contributed by atoms with Gasteiger partial charge in [-0.2, -0.15) is 31.4 Å². The minimum Gasteiger partial charge on any atom is -0.330 e. The molecule has 0 spiro atoms. The number of benzene rings is 2. The first kappa shape index (κ1) is 31.5. The Morgan fingerprint density at radius 2 is 1.78 bits per heavy atom. The van der Waals surface area contributed by atoms with Gasteiger partial charge in [-0.1, -0.05) is 15.9 Å². The number of aryl methyl sites for hydroxylation is 2. The minimum atomic E-state index is -4.68. The molecule has 2 aromatic carbocycles. The zero-order valence-electron chi connectivity index (χ0n) is 24.4. The predicted octanol–water partition coefficient (Wildman–Crippen LogP) is 6.32. The molecule has 240 valence electrons. The van der Waals surface area contributed by atoms with Crippen molar-refractivity contribution in [1.82, 2.24) is 33.8 Å². The van der Waals surface area contributed by atoms with E-state index in [9.17, 15) is 35.9 Å². The van der Waals surface area contributed by atoms with E-state index >= 15 is 0 Å². The number of nitrogens with zero attached hydrogens (tertiary/aromatic N) is 7. The van der Waals surface area contributed by atoms with Gasteiger partial charge in [-0.05, 0) is 69.7 Å². The van der Waals surface area contributed by atoms with Crippen LogP contribution in [-0.2, 0) is 25.7 Å². The molecule has 0 radical (unpaired) electrons. The monoisotopic (exact) mass is 707 g/mol. The first-order chi connectivity index (χ1) is 21.5. The lowest BCUT2D eigenvalue weighted by Gasteiger charge is -2.34. The predicted molar refractivity (Wildman–Crippen MR) is 158 cm³/mol. The number of hydrogen-bond donors (Lipinski definition) is 0. The van der Waals surface area contributed by atoms with Gasteiger partial charge in [0.1, 0.15) is 6.54 Å². The Bertz CT molecular complexity index is 2080. The third kappa shape index (κ3) is 5.69. The Morgan fingerprint density at radius 3 is 2.43 bits per heavy atom. The van der Waals surface area contributed by atoms with Gasteiger partial charge in [0.05, 0.1) is 46.5 Å². The molecule has 46 heavy (non-hydrogen) atoms. The SMILES string of the molecule is Cc1cc(C)n(-c2nc3c(c(=O)n2-c2ccc4c(c2)ncn4CC(F)(F)F)C[C@@H](C)N(C(=O)c2ccc(Br)c(C(F)(F)F)c2)C3)n1. The van der Waals surface area contributed by atoms with Crippen molar-refractivity contribution in [2.24, 2.45) is 0 Å². The summed E-state index contributed by atoms with van der Waals surface area (Å²) in [5.74, 6) is -0.594.